The van der Waals surface area contributed by atoms with Crippen LogP contribution in [0, 0.1) is 18.8 Å². The highest BCUT2D eigenvalue weighted by atomic mass is 19.4. The number of aryl methyl sites for hydroxylation is 2. The summed E-state index contributed by atoms with van der Waals surface area (Å²) in [6.07, 6.45) is 2.00. The van der Waals surface area contributed by atoms with E-state index in [1.165, 1.54) is 0 Å². The molecule has 1 aliphatic heterocycles. The second-order valence-electron chi connectivity index (χ2n) is 12.5. The van der Waals surface area contributed by atoms with Crippen LogP contribution in [0.25, 0.3) is 0 Å². The van der Waals surface area contributed by atoms with Crippen molar-refractivity contribution in [1.82, 2.24) is 25.1 Å². The van der Waals surface area contributed by atoms with Crippen LogP contribution in [0.5, 0.6) is 0 Å². The molecule has 11 heteroatoms. The fourth-order valence-corrected chi connectivity index (χ4v) is 6.35. The smallest absolute Gasteiger partial charge is 0.354 e. The minimum Gasteiger partial charge on any atom is -0.354 e. The lowest BCUT2D eigenvalue weighted by Crippen LogP contribution is -2.44. The normalized spacial score (nSPS) is 19.9. The number of nitrogens with one attached hydrogen (secondary N) is 2. The van der Waals surface area contributed by atoms with Gasteiger partial charge in [0.1, 0.15) is 0 Å². The first-order chi connectivity index (χ1) is 20.3. The van der Waals surface area contributed by atoms with Crippen molar-refractivity contribution >= 4 is 23.5 Å². The van der Waals surface area contributed by atoms with Gasteiger partial charge >= 0.3 is 6.18 Å². The van der Waals surface area contributed by atoms with Crippen LogP contribution in [-0.4, -0.2) is 70.9 Å². The van der Waals surface area contributed by atoms with Crippen molar-refractivity contribution in [3.05, 3.63) is 46.8 Å². The number of hydrogen-bond donors (Lipinski definition) is 2. The summed E-state index contributed by atoms with van der Waals surface area (Å²) in [7, 11) is 3.90. The third kappa shape index (κ3) is 8.46. The van der Waals surface area contributed by atoms with Crippen LogP contribution < -0.4 is 10.6 Å². The summed E-state index contributed by atoms with van der Waals surface area (Å²) in [5.74, 6) is 0.0595. The average molecular weight is 603 g/mol. The molecule has 8 nitrogen and oxygen atoms in total. The lowest BCUT2D eigenvalue weighted by molar-refractivity contribution is -0.138. The molecule has 1 saturated heterocycles. The number of rotatable bonds is 10. The van der Waals surface area contributed by atoms with E-state index in [0.717, 1.165) is 57.0 Å². The Morgan fingerprint density at radius 1 is 1.14 bits per heavy atom. The molecule has 0 bridgehead atoms. The van der Waals surface area contributed by atoms with Gasteiger partial charge in [0.15, 0.2) is 0 Å². The fraction of sp³-hybridized carbons (Fsp3) is 0.625. The summed E-state index contributed by atoms with van der Waals surface area (Å²) < 4.78 is 41.6. The van der Waals surface area contributed by atoms with Gasteiger partial charge in [0.05, 0.1) is 11.3 Å². The Labute approximate surface area is 252 Å². The largest absolute Gasteiger partial charge is 0.419 e. The maximum absolute atomic E-state index is 13.9. The second-order valence-corrected chi connectivity index (χ2v) is 12.5. The molecule has 2 amide bonds. The van der Waals surface area contributed by atoms with E-state index in [9.17, 15) is 22.8 Å². The Morgan fingerprint density at radius 3 is 2.53 bits per heavy atom. The van der Waals surface area contributed by atoms with Crippen molar-refractivity contribution in [2.75, 3.05) is 32.5 Å². The van der Waals surface area contributed by atoms with E-state index >= 15 is 0 Å². The van der Waals surface area contributed by atoms with Crippen LogP contribution in [0.15, 0.2) is 24.4 Å². The van der Waals surface area contributed by atoms with Crippen LogP contribution in [0.2, 0.25) is 0 Å². The number of benzene rings is 1. The predicted octanol–water partition coefficient (Wildman–Crippen LogP) is 5.98. The van der Waals surface area contributed by atoms with Crippen LogP contribution in [0.1, 0.15) is 86.0 Å². The average Bonchev–Trinajstić information content (AvgIpc) is 3.42. The third-order valence-corrected chi connectivity index (χ3v) is 8.87. The number of piperidine rings is 1. The number of likely N-dealkylation sites (tertiary alicyclic amines) is 1. The van der Waals surface area contributed by atoms with E-state index in [-0.39, 0.29) is 53.8 Å². The molecular formula is C32H45F3N6O2. The first-order valence-corrected chi connectivity index (χ1v) is 15.4. The number of anilines is 2. The summed E-state index contributed by atoms with van der Waals surface area (Å²) in [6.45, 7) is 7.58. The number of nitrogens with zero attached hydrogens (tertiary/aromatic N) is 4. The topological polar surface area (TPSA) is 90.5 Å². The first kappa shape index (κ1) is 32.7. The van der Waals surface area contributed by atoms with Gasteiger partial charge in [0.2, 0.25) is 11.9 Å². The van der Waals surface area contributed by atoms with Crippen molar-refractivity contribution in [2.24, 2.45) is 11.8 Å². The molecule has 1 aromatic heterocycles. The summed E-state index contributed by atoms with van der Waals surface area (Å²) >= 11 is 0. The van der Waals surface area contributed by atoms with E-state index in [1.54, 1.807) is 17.0 Å². The first-order valence-electron chi connectivity index (χ1n) is 15.4. The van der Waals surface area contributed by atoms with Crippen LogP contribution in [0.4, 0.5) is 24.8 Å². The molecule has 2 fully saturated rings. The minimum atomic E-state index is -4.58. The quantitative estimate of drug-likeness (QED) is 0.348. The van der Waals surface area contributed by atoms with Crippen molar-refractivity contribution in [3.8, 4) is 0 Å². The van der Waals surface area contributed by atoms with Crippen LogP contribution in [0.3, 0.4) is 0 Å². The standard InChI is InChI=1S/C32H45F3N6O2/c1-20(2)37-29(42)25-10-6-8-22(25)9-7-11-28-27(32(33,34)35)19-36-31(39-28)38-23-13-12-21(3)26(18-23)30(43)41(5)24-14-16-40(4)17-15-24/h12-13,18-20,22,24-25H,6-11,14-17H2,1-5H3,(H,37,42)(H,36,38,39). The molecule has 4 rings (SSSR count). The summed E-state index contributed by atoms with van der Waals surface area (Å²) in [5, 5.41) is 6.00. The molecule has 2 aromatic rings. The fourth-order valence-electron chi connectivity index (χ4n) is 6.35. The summed E-state index contributed by atoms with van der Waals surface area (Å²) in [5.41, 5.74) is 0.957. The highest BCUT2D eigenvalue weighted by Gasteiger charge is 2.36. The number of carbonyl (C=O) groups excluding carboxylic acids is 2. The number of halogens is 3. The van der Waals surface area contributed by atoms with Gasteiger partial charge in [-0.15, -0.1) is 0 Å². The number of aromatic nitrogens is 2. The van der Waals surface area contributed by atoms with Crippen LogP contribution >= 0.6 is 0 Å². The zero-order chi connectivity index (χ0) is 31.3. The van der Waals surface area contributed by atoms with Gasteiger partial charge in [0, 0.05) is 42.5 Å². The molecule has 2 unspecified atom stereocenters. The van der Waals surface area contributed by atoms with E-state index in [0.29, 0.717) is 24.1 Å². The van der Waals surface area contributed by atoms with E-state index in [2.05, 4.69) is 32.5 Å². The zero-order valence-electron chi connectivity index (χ0n) is 25.9. The molecule has 0 spiro atoms. The molecule has 236 valence electrons. The SMILES string of the molecule is Cc1ccc(Nc2ncc(C(F)(F)F)c(CCCC3CCCC3C(=O)NC(C)C)n2)cc1C(=O)N(C)C1CCN(C)CC1. The lowest BCUT2D eigenvalue weighted by atomic mass is 9.89. The second kappa shape index (κ2) is 14.1. The molecule has 2 N–H and O–H groups in total. The predicted molar refractivity (Wildman–Crippen MR) is 161 cm³/mol. The number of alkyl halides is 3. The van der Waals surface area contributed by atoms with Gasteiger partial charge in [-0.2, -0.15) is 13.2 Å². The molecule has 1 aliphatic carbocycles. The van der Waals surface area contributed by atoms with Gasteiger partial charge < -0.3 is 20.4 Å². The maximum Gasteiger partial charge on any atom is 0.419 e. The van der Waals surface area contributed by atoms with Gasteiger partial charge in [0.25, 0.3) is 5.91 Å². The molecule has 43 heavy (non-hydrogen) atoms. The van der Waals surface area contributed by atoms with Crippen molar-refractivity contribution in [1.29, 1.82) is 0 Å². The third-order valence-electron chi connectivity index (χ3n) is 8.87. The molecule has 0 radical (unpaired) electrons. The molecule has 2 heterocycles. The molecular weight excluding hydrogens is 557 g/mol. The maximum atomic E-state index is 13.9. The summed E-state index contributed by atoms with van der Waals surface area (Å²) in [6, 6.07) is 5.51. The molecule has 2 atom stereocenters. The van der Waals surface area contributed by atoms with Gasteiger partial charge in [-0.25, -0.2) is 9.97 Å². The Hall–Kier alpha value is -3.21. The van der Waals surface area contributed by atoms with E-state index < -0.39 is 11.7 Å². The molecule has 1 aromatic carbocycles. The van der Waals surface area contributed by atoms with Gasteiger partial charge in [-0.1, -0.05) is 12.5 Å². The number of amides is 2. The summed E-state index contributed by atoms with van der Waals surface area (Å²) in [4.78, 5) is 38.3. The van der Waals surface area contributed by atoms with Gasteiger partial charge in [-0.05, 0) is 109 Å². The van der Waals surface area contributed by atoms with E-state index in [4.69, 9.17) is 0 Å². The Balaban J connectivity index is 1.46. The van der Waals surface area contributed by atoms with Gasteiger partial charge in [-0.3, -0.25) is 9.59 Å². The number of carbonyl (C=O) groups is 2. The zero-order valence-corrected chi connectivity index (χ0v) is 25.9. The van der Waals surface area contributed by atoms with Crippen molar-refractivity contribution in [2.45, 2.75) is 90.4 Å². The Kier molecular flexibility index (Phi) is 10.7. The van der Waals surface area contributed by atoms with E-state index in [1.807, 2.05) is 33.9 Å². The lowest BCUT2D eigenvalue weighted by Gasteiger charge is -2.35. The van der Waals surface area contributed by atoms with Crippen molar-refractivity contribution in [3.63, 3.8) is 0 Å². The number of hydrogen-bond acceptors (Lipinski definition) is 6. The highest BCUT2D eigenvalue weighted by Crippen LogP contribution is 2.37. The highest BCUT2D eigenvalue weighted by molar-refractivity contribution is 5.96. The molecule has 2 aliphatic rings. The van der Waals surface area contributed by atoms with Crippen molar-refractivity contribution < 1.29 is 22.8 Å². The minimum absolute atomic E-state index is 0.0375. The van der Waals surface area contributed by atoms with Crippen LogP contribution in [-0.2, 0) is 17.4 Å². The Bertz CT molecular complexity index is 1280. The molecule has 1 saturated carbocycles. The Morgan fingerprint density at radius 2 is 1.86 bits per heavy atom. The monoisotopic (exact) mass is 602 g/mol.